The lowest BCUT2D eigenvalue weighted by atomic mass is 10.1. The Bertz CT molecular complexity index is 901. The molecule has 0 aliphatic heterocycles. The van der Waals surface area contributed by atoms with Crippen molar-refractivity contribution < 1.29 is 18.0 Å². The molecule has 0 aliphatic carbocycles. The highest BCUT2D eigenvalue weighted by atomic mass is 19.4. The summed E-state index contributed by atoms with van der Waals surface area (Å²) in [5.74, 6) is -0.573. The molecule has 0 fully saturated rings. The number of aryl methyl sites for hydroxylation is 1. The van der Waals surface area contributed by atoms with Crippen molar-refractivity contribution in [3.63, 3.8) is 0 Å². The predicted octanol–water partition coefficient (Wildman–Crippen LogP) is 0.560. The molecule has 0 aliphatic rings. The van der Waals surface area contributed by atoms with Crippen LogP contribution in [0.4, 0.5) is 13.2 Å². The molecule has 0 saturated heterocycles. The number of hydrazone groups is 1. The Morgan fingerprint density at radius 1 is 1.32 bits per heavy atom. The van der Waals surface area contributed by atoms with Crippen LogP contribution in [0.25, 0.3) is 0 Å². The lowest BCUT2D eigenvalue weighted by Gasteiger charge is -2.06. The molecule has 0 bridgehead atoms. The fourth-order valence-corrected chi connectivity index (χ4v) is 1.80. The van der Waals surface area contributed by atoms with Crippen LogP contribution in [-0.2, 0) is 17.4 Å². The Hall–Kier alpha value is -3.24. The molecule has 1 heterocycles. The molecule has 1 amide bonds. The van der Waals surface area contributed by atoms with E-state index in [1.807, 2.05) is 10.1 Å². The number of amides is 1. The molecule has 0 atom stereocenters. The number of nitrogens with one attached hydrogen (secondary N) is 3. The molecule has 0 unspecified atom stereocenters. The quantitative estimate of drug-likeness (QED) is 0.536. The molecule has 3 N–H and O–H groups in total. The number of benzene rings is 1. The maximum absolute atomic E-state index is 12.6. The number of hydrogen-bond donors (Lipinski definition) is 3. The minimum Gasteiger partial charge on any atom is -0.273 e. The van der Waals surface area contributed by atoms with Crippen LogP contribution in [0.1, 0.15) is 23.2 Å². The van der Waals surface area contributed by atoms with Crippen LogP contribution in [0, 0.1) is 0 Å². The predicted molar refractivity (Wildman–Crippen MR) is 81.0 cm³/mol. The van der Waals surface area contributed by atoms with Gasteiger partial charge in [0.05, 0.1) is 11.8 Å². The van der Waals surface area contributed by atoms with E-state index in [1.54, 1.807) is 0 Å². The van der Waals surface area contributed by atoms with E-state index < -0.39 is 28.9 Å². The van der Waals surface area contributed by atoms with Gasteiger partial charge in [-0.15, -0.1) is 0 Å². The Kier molecular flexibility index (Phi) is 5.47. The summed E-state index contributed by atoms with van der Waals surface area (Å²) in [5.41, 5.74) is -0.0347. The second-order valence-electron chi connectivity index (χ2n) is 4.87. The largest absolute Gasteiger partial charge is 0.416 e. The third kappa shape index (κ3) is 5.41. The van der Waals surface area contributed by atoms with Crippen LogP contribution in [0.5, 0.6) is 0 Å². The zero-order valence-corrected chi connectivity index (χ0v) is 12.6. The first kappa shape index (κ1) is 18.1. The van der Waals surface area contributed by atoms with Gasteiger partial charge in [-0.3, -0.25) is 14.6 Å². The van der Waals surface area contributed by atoms with Gasteiger partial charge in [-0.05, 0) is 17.7 Å². The molecule has 2 rings (SSSR count). The summed E-state index contributed by atoms with van der Waals surface area (Å²) in [4.78, 5) is 35.7. The second-order valence-corrected chi connectivity index (χ2v) is 4.87. The van der Waals surface area contributed by atoms with Crippen molar-refractivity contribution >= 4 is 12.1 Å². The van der Waals surface area contributed by atoms with E-state index in [2.05, 4.69) is 15.6 Å². The third-order valence-corrected chi connectivity index (χ3v) is 2.99. The molecule has 2 aromatic rings. The summed E-state index contributed by atoms with van der Waals surface area (Å²) in [6.45, 7) is 0. The van der Waals surface area contributed by atoms with Crippen molar-refractivity contribution in [1.29, 1.82) is 0 Å². The number of hydrogen-bond acceptors (Lipinski definition) is 5. The fraction of sp³-hybridized carbons (Fsp3) is 0.214. The molecule has 1 aromatic heterocycles. The molecule has 8 nitrogen and oxygen atoms in total. The number of aromatic nitrogens is 3. The molecule has 0 radical (unpaired) electrons. The minimum atomic E-state index is -4.47. The van der Waals surface area contributed by atoms with E-state index >= 15 is 0 Å². The van der Waals surface area contributed by atoms with E-state index in [9.17, 15) is 27.6 Å². The Morgan fingerprint density at radius 2 is 2.08 bits per heavy atom. The number of carbonyl (C=O) groups excluding carboxylic acids is 1. The van der Waals surface area contributed by atoms with Crippen LogP contribution in [-0.4, -0.2) is 27.3 Å². The van der Waals surface area contributed by atoms with Crippen molar-refractivity contribution in [1.82, 2.24) is 20.6 Å². The SMILES string of the molecule is O=C(CCc1n[nH]c(=O)[nH]c1=O)N/N=C/c1cccc(C(F)(F)F)c1. The maximum Gasteiger partial charge on any atom is 0.416 e. The first-order valence-electron chi connectivity index (χ1n) is 6.93. The van der Waals surface area contributed by atoms with Crippen molar-refractivity contribution in [2.24, 2.45) is 5.10 Å². The summed E-state index contributed by atoms with van der Waals surface area (Å²) >= 11 is 0. The van der Waals surface area contributed by atoms with Gasteiger partial charge in [0.25, 0.3) is 5.56 Å². The van der Waals surface area contributed by atoms with Crippen LogP contribution in [0.3, 0.4) is 0 Å². The first-order valence-corrected chi connectivity index (χ1v) is 6.93. The van der Waals surface area contributed by atoms with Gasteiger partial charge < -0.3 is 0 Å². The smallest absolute Gasteiger partial charge is 0.273 e. The van der Waals surface area contributed by atoms with Gasteiger partial charge >= 0.3 is 11.9 Å². The van der Waals surface area contributed by atoms with Gasteiger partial charge in [-0.25, -0.2) is 15.3 Å². The maximum atomic E-state index is 12.6. The summed E-state index contributed by atoms with van der Waals surface area (Å²) in [6.07, 6.45) is -3.60. The number of carbonyl (C=O) groups is 1. The second kappa shape index (κ2) is 7.55. The van der Waals surface area contributed by atoms with Gasteiger partial charge in [0.1, 0.15) is 5.69 Å². The molecule has 0 spiro atoms. The van der Waals surface area contributed by atoms with E-state index in [-0.39, 0.29) is 24.1 Å². The van der Waals surface area contributed by atoms with Gasteiger partial charge in [0, 0.05) is 12.8 Å². The number of rotatable bonds is 5. The summed E-state index contributed by atoms with van der Waals surface area (Å²) in [5, 5.41) is 9.09. The number of halogens is 3. The molecule has 0 saturated carbocycles. The Morgan fingerprint density at radius 3 is 2.76 bits per heavy atom. The topological polar surface area (TPSA) is 120 Å². The third-order valence-electron chi connectivity index (χ3n) is 2.99. The highest BCUT2D eigenvalue weighted by Gasteiger charge is 2.30. The van der Waals surface area contributed by atoms with Crippen molar-refractivity contribution in [2.45, 2.75) is 19.0 Å². The summed E-state index contributed by atoms with van der Waals surface area (Å²) in [6, 6.07) is 4.43. The number of H-pyrrole nitrogens is 2. The van der Waals surface area contributed by atoms with Crippen LogP contribution >= 0.6 is 0 Å². The van der Waals surface area contributed by atoms with Crippen molar-refractivity contribution in [3.05, 3.63) is 61.9 Å². The van der Waals surface area contributed by atoms with Crippen molar-refractivity contribution in [2.75, 3.05) is 0 Å². The average Bonchev–Trinajstić information content (AvgIpc) is 2.53. The van der Waals surface area contributed by atoms with Crippen LogP contribution in [0.2, 0.25) is 0 Å². The Labute approximate surface area is 137 Å². The molecule has 132 valence electrons. The zero-order valence-electron chi connectivity index (χ0n) is 12.6. The number of aromatic amines is 2. The molecular weight excluding hydrogens is 343 g/mol. The van der Waals surface area contributed by atoms with Crippen molar-refractivity contribution in [3.8, 4) is 0 Å². The van der Waals surface area contributed by atoms with Gasteiger partial charge in [0.15, 0.2) is 0 Å². The highest BCUT2D eigenvalue weighted by molar-refractivity contribution is 5.82. The van der Waals surface area contributed by atoms with Gasteiger partial charge in [-0.1, -0.05) is 12.1 Å². The monoisotopic (exact) mass is 355 g/mol. The summed E-state index contributed by atoms with van der Waals surface area (Å²) < 4.78 is 37.7. The lowest BCUT2D eigenvalue weighted by molar-refractivity contribution is -0.137. The van der Waals surface area contributed by atoms with Crippen LogP contribution < -0.4 is 16.7 Å². The Balaban J connectivity index is 1.90. The minimum absolute atomic E-state index is 0.0309. The molecule has 25 heavy (non-hydrogen) atoms. The summed E-state index contributed by atoms with van der Waals surface area (Å²) in [7, 11) is 0. The van der Waals surface area contributed by atoms with Crippen LogP contribution in [0.15, 0.2) is 39.0 Å². The number of nitrogens with zero attached hydrogens (tertiary/aromatic N) is 2. The molecule has 11 heteroatoms. The lowest BCUT2D eigenvalue weighted by Crippen LogP contribution is -2.28. The van der Waals surface area contributed by atoms with Gasteiger partial charge in [-0.2, -0.15) is 23.4 Å². The standard InChI is InChI=1S/C14H12F3N5O3/c15-14(16,17)9-3-1-2-8(6-9)7-18-21-11(23)5-4-10-12(24)19-13(25)22-20-10/h1-3,6-7H,4-5H2,(H,21,23)(H2,19,22,24,25)/b18-7+. The molecule has 1 aromatic carbocycles. The normalized spacial score (nSPS) is 11.6. The number of alkyl halides is 3. The first-order chi connectivity index (χ1) is 11.8. The molecular formula is C14H12F3N5O3. The zero-order chi connectivity index (χ0) is 18.4. The van der Waals surface area contributed by atoms with E-state index in [0.29, 0.717) is 0 Å². The van der Waals surface area contributed by atoms with E-state index in [4.69, 9.17) is 0 Å². The van der Waals surface area contributed by atoms with Gasteiger partial charge in [0.2, 0.25) is 5.91 Å². The average molecular weight is 355 g/mol. The fourth-order valence-electron chi connectivity index (χ4n) is 1.80. The van der Waals surface area contributed by atoms with E-state index in [0.717, 1.165) is 18.3 Å². The van der Waals surface area contributed by atoms with E-state index in [1.165, 1.54) is 12.1 Å². The highest BCUT2D eigenvalue weighted by Crippen LogP contribution is 2.29.